The van der Waals surface area contributed by atoms with Gasteiger partial charge in [0.1, 0.15) is 6.04 Å². The molecule has 1 N–H and O–H groups in total. The number of likely N-dealkylation sites (N-methyl/N-ethyl adjacent to an activating group) is 1. The van der Waals surface area contributed by atoms with Crippen molar-refractivity contribution in [3.05, 3.63) is 101 Å². The van der Waals surface area contributed by atoms with Gasteiger partial charge in [-0.15, -0.1) is 0 Å². The molecule has 0 spiro atoms. The van der Waals surface area contributed by atoms with Crippen molar-refractivity contribution in [2.75, 3.05) is 24.2 Å². The Morgan fingerprint density at radius 3 is 2.24 bits per heavy atom. The molecule has 0 radical (unpaired) electrons. The van der Waals surface area contributed by atoms with Crippen molar-refractivity contribution in [1.29, 1.82) is 0 Å². The molecule has 0 aromatic heterocycles. The fraction of sp³-hybridized carbons (Fsp3) is 0.310. The van der Waals surface area contributed by atoms with Gasteiger partial charge in [-0.3, -0.25) is 13.9 Å². The van der Waals surface area contributed by atoms with Gasteiger partial charge in [0, 0.05) is 38.0 Å². The zero-order chi connectivity index (χ0) is 27.7. The van der Waals surface area contributed by atoms with Crippen LogP contribution in [0.25, 0.3) is 0 Å². The lowest BCUT2D eigenvalue weighted by atomic mass is 10.0. The van der Waals surface area contributed by atoms with Gasteiger partial charge in [-0.1, -0.05) is 66.2 Å². The van der Waals surface area contributed by atoms with E-state index in [4.69, 9.17) is 11.6 Å². The quantitative estimate of drug-likeness (QED) is 0.354. The number of rotatable bonds is 12. The topological polar surface area (TPSA) is 86.8 Å². The molecule has 0 aliphatic rings. The minimum absolute atomic E-state index is 0.0771. The highest BCUT2D eigenvalue weighted by molar-refractivity contribution is 7.92. The fourth-order valence-corrected chi connectivity index (χ4v) is 5.38. The van der Waals surface area contributed by atoms with Crippen LogP contribution in [0.15, 0.2) is 78.9 Å². The summed E-state index contributed by atoms with van der Waals surface area (Å²) in [6.07, 6.45) is 1.88. The third-order valence-corrected chi connectivity index (χ3v) is 7.67. The van der Waals surface area contributed by atoms with Gasteiger partial charge in [0.25, 0.3) is 0 Å². The summed E-state index contributed by atoms with van der Waals surface area (Å²) >= 11 is 6.05. The van der Waals surface area contributed by atoms with Gasteiger partial charge in [-0.05, 0) is 54.3 Å². The van der Waals surface area contributed by atoms with Crippen LogP contribution in [0.4, 0.5) is 5.69 Å². The molecule has 1 atom stereocenters. The van der Waals surface area contributed by atoms with Crippen LogP contribution in [0.2, 0.25) is 5.02 Å². The first kappa shape index (κ1) is 29.2. The third kappa shape index (κ3) is 8.33. The van der Waals surface area contributed by atoms with E-state index < -0.39 is 16.1 Å². The van der Waals surface area contributed by atoms with E-state index in [1.165, 1.54) is 4.31 Å². The average Bonchev–Trinajstić information content (AvgIpc) is 2.89. The number of nitrogens with zero attached hydrogens (tertiary/aromatic N) is 2. The van der Waals surface area contributed by atoms with Crippen LogP contribution in [-0.2, 0) is 32.6 Å². The molecule has 0 heterocycles. The summed E-state index contributed by atoms with van der Waals surface area (Å²) in [7, 11) is -2.00. The Morgan fingerprint density at radius 2 is 1.63 bits per heavy atom. The van der Waals surface area contributed by atoms with Gasteiger partial charge >= 0.3 is 0 Å². The molecule has 3 aromatic carbocycles. The minimum atomic E-state index is -3.55. The van der Waals surface area contributed by atoms with Gasteiger partial charge in [-0.25, -0.2) is 8.42 Å². The SMILES string of the molecule is CNC(=O)[C@@H](Cc1ccccc1)N(Cc1ccc(Cl)cc1)C(=O)CCCN(c1cccc(C)c1)S(C)(=O)=O. The molecule has 0 saturated heterocycles. The Kier molecular flexibility index (Phi) is 10.3. The van der Waals surface area contributed by atoms with Crippen molar-refractivity contribution in [2.45, 2.75) is 38.8 Å². The molecule has 0 aliphatic heterocycles. The largest absolute Gasteiger partial charge is 0.357 e. The summed E-state index contributed by atoms with van der Waals surface area (Å²) in [5.41, 5.74) is 3.26. The number of hydrogen-bond donors (Lipinski definition) is 1. The second-order valence-electron chi connectivity index (χ2n) is 9.25. The van der Waals surface area contributed by atoms with Crippen LogP contribution in [-0.4, -0.2) is 51.0 Å². The summed E-state index contributed by atoms with van der Waals surface area (Å²) in [6.45, 7) is 2.26. The number of carbonyl (C=O) groups is 2. The highest BCUT2D eigenvalue weighted by Gasteiger charge is 2.30. The zero-order valence-electron chi connectivity index (χ0n) is 21.9. The monoisotopic (exact) mass is 555 g/mol. The second kappa shape index (κ2) is 13.4. The minimum Gasteiger partial charge on any atom is -0.357 e. The predicted molar refractivity (Wildman–Crippen MR) is 153 cm³/mol. The van der Waals surface area contributed by atoms with Gasteiger partial charge in [0.15, 0.2) is 0 Å². The Morgan fingerprint density at radius 1 is 0.947 bits per heavy atom. The van der Waals surface area contributed by atoms with E-state index in [0.29, 0.717) is 23.6 Å². The van der Waals surface area contributed by atoms with Crippen molar-refractivity contribution in [1.82, 2.24) is 10.2 Å². The van der Waals surface area contributed by atoms with Crippen LogP contribution < -0.4 is 9.62 Å². The van der Waals surface area contributed by atoms with E-state index in [2.05, 4.69) is 5.32 Å². The molecular formula is C29H34ClN3O4S. The van der Waals surface area contributed by atoms with Gasteiger partial charge in [0.05, 0.1) is 11.9 Å². The van der Waals surface area contributed by atoms with Crippen LogP contribution >= 0.6 is 11.6 Å². The molecule has 0 aliphatic carbocycles. The number of nitrogens with one attached hydrogen (secondary N) is 1. The van der Waals surface area contributed by atoms with Gasteiger partial charge < -0.3 is 10.2 Å². The fourth-order valence-electron chi connectivity index (χ4n) is 4.29. The number of benzene rings is 3. The van der Waals surface area contributed by atoms with Crippen LogP contribution in [0.1, 0.15) is 29.5 Å². The number of carbonyl (C=O) groups excluding carboxylic acids is 2. The summed E-state index contributed by atoms with van der Waals surface area (Å²) in [4.78, 5) is 28.2. The molecule has 0 bridgehead atoms. The van der Waals surface area contributed by atoms with E-state index in [1.807, 2.05) is 55.5 Å². The van der Waals surface area contributed by atoms with Crippen molar-refractivity contribution in [2.24, 2.45) is 0 Å². The van der Waals surface area contributed by atoms with Crippen molar-refractivity contribution in [3.63, 3.8) is 0 Å². The molecule has 0 unspecified atom stereocenters. The molecule has 0 saturated carbocycles. The average molecular weight is 556 g/mol. The molecule has 7 nitrogen and oxygen atoms in total. The Balaban J connectivity index is 1.84. The van der Waals surface area contributed by atoms with E-state index in [1.54, 1.807) is 42.3 Å². The number of hydrogen-bond acceptors (Lipinski definition) is 4. The maximum atomic E-state index is 13.6. The molecule has 38 heavy (non-hydrogen) atoms. The number of sulfonamides is 1. The molecule has 9 heteroatoms. The van der Waals surface area contributed by atoms with E-state index in [0.717, 1.165) is 22.9 Å². The molecule has 2 amide bonds. The lowest BCUT2D eigenvalue weighted by molar-refractivity contribution is -0.141. The first-order valence-corrected chi connectivity index (χ1v) is 14.6. The van der Waals surface area contributed by atoms with E-state index in [9.17, 15) is 18.0 Å². The molecule has 3 rings (SSSR count). The maximum Gasteiger partial charge on any atom is 0.242 e. The molecular weight excluding hydrogens is 522 g/mol. The third-order valence-electron chi connectivity index (χ3n) is 6.23. The highest BCUT2D eigenvalue weighted by atomic mass is 35.5. The Hall–Kier alpha value is -3.36. The predicted octanol–water partition coefficient (Wildman–Crippen LogP) is 4.58. The van der Waals surface area contributed by atoms with Crippen molar-refractivity contribution < 1.29 is 18.0 Å². The summed E-state index contributed by atoms with van der Waals surface area (Å²) < 4.78 is 26.4. The number of halogens is 1. The summed E-state index contributed by atoms with van der Waals surface area (Å²) in [6, 6.07) is 23.2. The van der Waals surface area contributed by atoms with Crippen molar-refractivity contribution in [3.8, 4) is 0 Å². The Bertz CT molecular complexity index is 1330. The standard InChI is InChI=1S/C29H34ClN3O4S/c1-22-9-7-12-26(19-22)33(38(3,36)37)18-8-13-28(34)32(21-24-14-16-25(30)17-15-24)27(29(35)31-2)20-23-10-5-4-6-11-23/h4-7,9-12,14-17,19,27H,8,13,18,20-21H2,1-3H3,(H,31,35)/t27-/m1/s1. The number of amides is 2. The summed E-state index contributed by atoms with van der Waals surface area (Å²) in [5, 5.41) is 3.27. The Labute approximate surface area is 230 Å². The van der Waals surface area contributed by atoms with E-state index >= 15 is 0 Å². The molecule has 202 valence electrons. The normalized spacial score (nSPS) is 12.0. The van der Waals surface area contributed by atoms with Crippen LogP contribution in [0.3, 0.4) is 0 Å². The molecule has 3 aromatic rings. The zero-order valence-corrected chi connectivity index (χ0v) is 23.5. The van der Waals surface area contributed by atoms with E-state index in [-0.39, 0.29) is 31.3 Å². The first-order chi connectivity index (χ1) is 18.1. The van der Waals surface area contributed by atoms with Crippen molar-refractivity contribution >= 4 is 39.1 Å². The maximum absolute atomic E-state index is 13.6. The number of anilines is 1. The summed E-state index contributed by atoms with van der Waals surface area (Å²) in [5.74, 6) is -0.504. The lowest BCUT2D eigenvalue weighted by Gasteiger charge is -2.31. The molecule has 0 fully saturated rings. The van der Waals surface area contributed by atoms with Gasteiger partial charge in [-0.2, -0.15) is 0 Å². The first-order valence-electron chi connectivity index (χ1n) is 12.4. The highest BCUT2D eigenvalue weighted by Crippen LogP contribution is 2.21. The second-order valence-corrected chi connectivity index (χ2v) is 11.6. The number of aryl methyl sites for hydroxylation is 1. The smallest absolute Gasteiger partial charge is 0.242 e. The lowest BCUT2D eigenvalue weighted by Crippen LogP contribution is -2.49. The van der Waals surface area contributed by atoms with Crippen LogP contribution in [0, 0.1) is 6.92 Å². The van der Waals surface area contributed by atoms with Crippen LogP contribution in [0.5, 0.6) is 0 Å². The van der Waals surface area contributed by atoms with Gasteiger partial charge in [0.2, 0.25) is 21.8 Å².